The van der Waals surface area contributed by atoms with Crippen LogP contribution in [-0.4, -0.2) is 40.3 Å². The highest BCUT2D eigenvalue weighted by Crippen LogP contribution is 2.28. The largest absolute Gasteiger partial charge is 0.493 e. The maximum absolute atomic E-state index is 11.4. The van der Waals surface area contributed by atoms with Gasteiger partial charge in [-0.05, 0) is 37.1 Å². The molecule has 1 amide bonds. The molecule has 0 aliphatic carbocycles. The number of methoxy groups -OCH3 is 2. The van der Waals surface area contributed by atoms with Crippen LogP contribution in [0.4, 0.5) is 0 Å². The van der Waals surface area contributed by atoms with Crippen molar-refractivity contribution in [1.29, 1.82) is 0 Å². The van der Waals surface area contributed by atoms with Crippen molar-refractivity contribution < 1.29 is 14.3 Å². The Morgan fingerprint density at radius 1 is 1.24 bits per heavy atom. The fraction of sp³-hybridized carbons (Fsp3) is 0.533. The van der Waals surface area contributed by atoms with Gasteiger partial charge in [0.1, 0.15) is 0 Å². The normalized spacial score (nSPS) is 11.2. The van der Waals surface area contributed by atoms with E-state index in [4.69, 9.17) is 9.47 Å². The van der Waals surface area contributed by atoms with Gasteiger partial charge in [0.25, 0.3) is 0 Å². The second-order valence-electron chi connectivity index (χ2n) is 4.83. The monoisotopic (exact) mass is 316 g/mol. The van der Waals surface area contributed by atoms with Gasteiger partial charge in [0.2, 0.25) is 5.91 Å². The Bertz CT molecular complexity index is 441. The smallest absolute Gasteiger partial charge is 0.233 e. The summed E-state index contributed by atoms with van der Waals surface area (Å²) >= 11 is 0. The third kappa shape index (κ3) is 6.69. The second kappa shape index (κ2) is 10.3. The molecule has 1 rings (SSSR count). The molecule has 0 aliphatic rings. The van der Waals surface area contributed by atoms with E-state index in [1.54, 1.807) is 21.3 Å². The van der Waals surface area contributed by atoms with Crippen molar-refractivity contribution in [2.75, 3.05) is 34.4 Å². The van der Waals surface area contributed by atoms with Gasteiger partial charge in [-0.25, -0.2) is 0 Å². The molecular weight excluding hydrogens is 292 g/mol. The van der Waals surface area contributed by atoms with E-state index >= 15 is 0 Å². The fourth-order valence-corrected chi connectivity index (χ4v) is 1.99. The summed E-state index contributed by atoms with van der Waals surface area (Å²) in [5, 5.41) is 5.72. The number of ether oxygens (including phenoxy) is 2. The Morgan fingerprint density at radius 2 is 1.90 bits per heavy atom. The number of rotatable bonds is 8. The van der Waals surface area contributed by atoms with Gasteiger partial charge in [0.15, 0.2) is 11.5 Å². The molecule has 120 valence electrons. The molecule has 0 bridgehead atoms. The molecule has 0 radical (unpaired) electrons. The lowest BCUT2D eigenvalue weighted by Gasteiger charge is -2.14. The third-order valence-electron chi connectivity index (χ3n) is 3.02. The lowest BCUT2D eigenvalue weighted by atomic mass is 10.0. The zero-order valence-corrected chi connectivity index (χ0v) is 13.9. The van der Waals surface area contributed by atoms with Gasteiger partial charge in [-0.2, -0.15) is 0 Å². The van der Waals surface area contributed by atoms with E-state index in [-0.39, 0.29) is 18.3 Å². The first-order valence-electron chi connectivity index (χ1n) is 6.72. The van der Waals surface area contributed by atoms with Gasteiger partial charge >= 0.3 is 0 Å². The molecule has 2 N–H and O–H groups in total. The van der Waals surface area contributed by atoms with Crippen LogP contribution in [0.1, 0.15) is 12.5 Å². The molecule has 0 saturated carbocycles. The van der Waals surface area contributed by atoms with Crippen molar-refractivity contribution in [2.45, 2.75) is 13.3 Å². The highest BCUT2D eigenvalue weighted by Gasteiger charge is 2.09. The molecule has 1 aromatic carbocycles. The molecule has 1 unspecified atom stereocenters. The molecule has 0 fully saturated rings. The first-order chi connectivity index (χ1) is 9.60. The van der Waals surface area contributed by atoms with Crippen LogP contribution in [-0.2, 0) is 11.2 Å². The number of halogens is 1. The predicted molar refractivity (Wildman–Crippen MR) is 86.6 cm³/mol. The van der Waals surface area contributed by atoms with E-state index in [1.165, 1.54) is 0 Å². The number of nitrogens with one attached hydrogen (secondary N) is 2. The summed E-state index contributed by atoms with van der Waals surface area (Å²) in [4.78, 5) is 11.4. The summed E-state index contributed by atoms with van der Waals surface area (Å²) in [6.45, 7) is 3.12. The molecular formula is C15H25ClN2O3. The van der Waals surface area contributed by atoms with Crippen molar-refractivity contribution >= 4 is 18.3 Å². The van der Waals surface area contributed by atoms with Crippen LogP contribution in [0, 0.1) is 5.92 Å². The molecule has 5 nitrogen and oxygen atoms in total. The zero-order valence-electron chi connectivity index (χ0n) is 13.1. The quantitative estimate of drug-likeness (QED) is 0.765. The van der Waals surface area contributed by atoms with E-state index < -0.39 is 0 Å². The van der Waals surface area contributed by atoms with Gasteiger partial charge in [-0.1, -0.05) is 13.0 Å². The second-order valence-corrected chi connectivity index (χ2v) is 4.83. The van der Waals surface area contributed by atoms with Gasteiger partial charge in [0, 0.05) is 6.54 Å². The lowest BCUT2D eigenvalue weighted by molar-refractivity contribution is -0.120. The van der Waals surface area contributed by atoms with Crippen LogP contribution >= 0.6 is 12.4 Å². The van der Waals surface area contributed by atoms with E-state index in [2.05, 4.69) is 17.6 Å². The third-order valence-corrected chi connectivity index (χ3v) is 3.02. The topological polar surface area (TPSA) is 59.6 Å². The molecule has 1 aromatic rings. The summed E-state index contributed by atoms with van der Waals surface area (Å²) in [7, 11) is 5.01. The summed E-state index contributed by atoms with van der Waals surface area (Å²) < 4.78 is 10.5. The Balaban J connectivity index is 0.00000400. The van der Waals surface area contributed by atoms with Gasteiger partial charge in [0.05, 0.1) is 20.8 Å². The highest BCUT2D eigenvalue weighted by molar-refractivity contribution is 5.85. The molecule has 0 heterocycles. The van der Waals surface area contributed by atoms with E-state index in [9.17, 15) is 4.79 Å². The van der Waals surface area contributed by atoms with Crippen molar-refractivity contribution in [3.63, 3.8) is 0 Å². The number of hydrogen-bond acceptors (Lipinski definition) is 4. The zero-order chi connectivity index (χ0) is 15.0. The molecule has 21 heavy (non-hydrogen) atoms. The number of likely N-dealkylation sites (N-methyl/N-ethyl adjacent to an activating group) is 1. The Kier molecular flexibility index (Phi) is 9.58. The molecule has 6 heteroatoms. The first-order valence-corrected chi connectivity index (χ1v) is 6.72. The van der Waals surface area contributed by atoms with Crippen molar-refractivity contribution in [3.8, 4) is 11.5 Å². The van der Waals surface area contributed by atoms with Crippen LogP contribution in [0.25, 0.3) is 0 Å². The highest BCUT2D eigenvalue weighted by atomic mass is 35.5. The summed E-state index contributed by atoms with van der Waals surface area (Å²) in [6.07, 6.45) is 0.875. The SMILES string of the molecule is CNCC(=O)NCC(C)Cc1ccc(OC)c(OC)c1.Cl. The maximum atomic E-state index is 11.4. The number of carbonyl (C=O) groups excluding carboxylic acids is 1. The first kappa shape index (κ1) is 19.5. The standard InChI is InChI=1S/C15H24N2O3.ClH/c1-11(9-17-15(18)10-16-2)7-12-5-6-13(19-3)14(8-12)20-4;/h5-6,8,11,16H,7,9-10H2,1-4H3,(H,17,18);1H. The Morgan fingerprint density at radius 3 is 2.48 bits per heavy atom. The van der Waals surface area contributed by atoms with E-state index in [1.807, 2.05) is 18.2 Å². The number of hydrogen-bond donors (Lipinski definition) is 2. The maximum Gasteiger partial charge on any atom is 0.233 e. The van der Waals surface area contributed by atoms with Crippen molar-refractivity contribution in [1.82, 2.24) is 10.6 Å². The fourth-order valence-electron chi connectivity index (χ4n) is 1.99. The molecule has 0 aromatic heterocycles. The minimum absolute atomic E-state index is 0. The summed E-state index contributed by atoms with van der Waals surface area (Å²) in [6, 6.07) is 5.90. The Hall–Kier alpha value is -1.46. The summed E-state index contributed by atoms with van der Waals surface area (Å²) in [5.41, 5.74) is 1.16. The number of amides is 1. The van der Waals surface area contributed by atoms with Gasteiger partial charge < -0.3 is 20.1 Å². The molecule has 0 saturated heterocycles. The number of benzene rings is 1. The summed E-state index contributed by atoms with van der Waals surface area (Å²) in [5.74, 6) is 1.84. The molecule has 1 atom stereocenters. The van der Waals surface area contributed by atoms with E-state index in [0.717, 1.165) is 23.5 Å². The van der Waals surface area contributed by atoms with Gasteiger partial charge in [-0.3, -0.25) is 4.79 Å². The van der Waals surface area contributed by atoms with Crippen LogP contribution in [0.15, 0.2) is 18.2 Å². The molecule has 0 aliphatic heterocycles. The minimum Gasteiger partial charge on any atom is -0.493 e. The van der Waals surface area contributed by atoms with E-state index in [0.29, 0.717) is 19.0 Å². The van der Waals surface area contributed by atoms with Crippen LogP contribution < -0.4 is 20.1 Å². The predicted octanol–water partition coefficient (Wildman–Crippen LogP) is 1.64. The Labute approximate surface area is 132 Å². The van der Waals surface area contributed by atoms with Crippen LogP contribution in [0.5, 0.6) is 11.5 Å². The average molecular weight is 317 g/mol. The van der Waals surface area contributed by atoms with Crippen LogP contribution in [0.3, 0.4) is 0 Å². The average Bonchev–Trinajstić information content (AvgIpc) is 2.45. The lowest BCUT2D eigenvalue weighted by Crippen LogP contribution is -2.35. The van der Waals surface area contributed by atoms with Gasteiger partial charge in [-0.15, -0.1) is 12.4 Å². The minimum atomic E-state index is 0. The molecule has 0 spiro atoms. The van der Waals surface area contributed by atoms with Crippen molar-refractivity contribution in [3.05, 3.63) is 23.8 Å². The van der Waals surface area contributed by atoms with Crippen molar-refractivity contribution in [2.24, 2.45) is 5.92 Å². The van der Waals surface area contributed by atoms with Crippen LogP contribution in [0.2, 0.25) is 0 Å². The number of carbonyl (C=O) groups is 1.